The third-order valence-corrected chi connectivity index (χ3v) is 11.2. The molecule has 2 aromatic heterocycles. The Morgan fingerprint density at radius 2 is 1.90 bits per heavy atom. The van der Waals surface area contributed by atoms with Crippen molar-refractivity contribution in [2.24, 2.45) is 11.8 Å². The first-order chi connectivity index (χ1) is 19.9. The molecule has 2 fully saturated rings. The Morgan fingerprint density at radius 1 is 1.21 bits per heavy atom. The van der Waals surface area contributed by atoms with Crippen molar-refractivity contribution in [1.29, 1.82) is 0 Å². The highest BCUT2D eigenvalue weighted by Gasteiger charge is 2.60. The lowest BCUT2D eigenvalue weighted by Crippen LogP contribution is -2.63. The third-order valence-electron chi connectivity index (χ3n) is 8.15. The smallest absolute Gasteiger partial charge is 0.431 e. The van der Waals surface area contributed by atoms with Gasteiger partial charge in [0.1, 0.15) is 23.0 Å². The average molecular weight is 625 g/mol. The van der Waals surface area contributed by atoms with Gasteiger partial charge in [-0.05, 0) is 32.6 Å². The maximum Gasteiger partial charge on any atom is 0.511 e. The number of carbonyl (C=O) groups excluding carboxylic acids is 3. The van der Waals surface area contributed by atoms with E-state index < -0.39 is 58.3 Å². The molecule has 0 spiro atoms. The molecule has 15 heteroatoms. The molecule has 4 heterocycles. The monoisotopic (exact) mass is 624 g/mol. The van der Waals surface area contributed by atoms with E-state index in [1.54, 1.807) is 17.5 Å². The molecule has 0 bridgehead atoms. The molecule has 42 heavy (non-hydrogen) atoms. The number of thiazole rings is 1. The predicted molar refractivity (Wildman–Crippen MR) is 150 cm³/mol. The summed E-state index contributed by atoms with van der Waals surface area (Å²) >= 11 is 1.12. The molecular weight excluding hydrogens is 588 g/mol. The summed E-state index contributed by atoms with van der Waals surface area (Å²) in [5, 5.41) is 10.2. The van der Waals surface area contributed by atoms with Crippen LogP contribution < -0.4 is 0 Å². The van der Waals surface area contributed by atoms with Gasteiger partial charge in [0.25, 0.3) is 16.3 Å². The van der Waals surface area contributed by atoms with E-state index in [2.05, 4.69) is 4.98 Å². The van der Waals surface area contributed by atoms with Crippen LogP contribution in [0, 0.1) is 11.8 Å². The minimum atomic E-state index is -3.85. The molecule has 230 valence electrons. The number of aliphatic hydroxyl groups excluding tert-OH is 1. The molecule has 5 atom stereocenters. The van der Waals surface area contributed by atoms with Crippen molar-refractivity contribution in [1.82, 2.24) is 18.6 Å². The largest absolute Gasteiger partial charge is 0.511 e. The number of β-lactam (4-membered cyclic amide) rings is 1. The van der Waals surface area contributed by atoms with Gasteiger partial charge in [-0.1, -0.05) is 20.3 Å². The van der Waals surface area contributed by atoms with E-state index in [-0.39, 0.29) is 23.2 Å². The Balaban J connectivity index is 1.47. The van der Waals surface area contributed by atoms with Gasteiger partial charge in [-0.25, -0.2) is 27.3 Å². The third kappa shape index (κ3) is 5.20. The Hall–Kier alpha value is -3.01. The number of hydrogen-bond donors (Lipinski definition) is 1. The van der Waals surface area contributed by atoms with Crippen molar-refractivity contribution in [3.8, 4) is 0 Å². The molecule has 2 aromatic rings. The molecule has 5 rings (SSSR count). The molecule has 3 aliphatic rings. The SMILES string of the molecule is CCC(OC(=O)OC1CCCCC1)OC(=O)C1=C(c2cn3cnc(S(=O)(=O)N(C)C)c3s2)[C@H](C)[C@@H]2[C@@H]([C@@H](C)O)C(=O)N12. The fraction of sp³-hybridized carbons (Fsp3) is 0.630. The van der Waals surface area contributed by atoms with Crippen LogP contribution in [0.25, 0.3) is 10.4 Å². The number of esters is 1. The van der Waals surface area contributed by atoms with Crippen LogP contribution in [0.5, 0.6) is 0 Å². The van der Waals surface area contributed by atoms with Crippen LogP contribution in [0.15, 0.2) is 23.2 Å². The molecule has 1 N–H and O–H groups in total. The Morgan fingerprint density at radius 3 is 2.52 bits per heavy atom. The molecule has 1 amide bonds. The summed E-state index contributed by atoms with van der Waals surface area (Å²) in [6.45, 7) is 5.05. The number of hydrogen-bond acceptors (Lipinski definition) is 11. The molecule has 13 nitrogen and oxygen atoms in total. The fourth-order valence-electron chi connectivity index (χ4n) is 5.96. The molecule has 1 saturated heterocycles. The molecule has 1 aliphatic carbocycles. The normalized spacial score (nSPS) is 24.5. The van der Waals surface area contributed by atoms with Crippen LogP contribution in [0.2, 0.25) is 0 Å². The minimum absolute atomic E-state index is 0.0217. The number of fused-ring (bicyclic) bond motifs is 2. The van der Waals surface area contributed by atoms with Crippen molar-refractivity contribution in [2.75, 3.05) is 14.1 Å². The van der Waals surface area contributed by atoms with Gasteiger partial charge in [-0.15, -0.1) is 11.3 Å². The van der Waals surface area contributed by atoms with Gasteiger partial charge < -0.3 is 24.2 Å². The summed E-state index contributed by atoms with van der Waals surface area (Å²) in [7, 11) is -1.02. The zero-order chi connectivity index (χ0) is 30.5. The number of imidazole rings is 1. The number of nitrogens with zero attached hydrogens (tertiary/aromatic N) is 4. The molecular formula is C27H36N4O9S2. The standard InChI is InChI=1S/C27H36N4O9S2/c1-6-18(40-27(35)38-16-10-8-7-9-11-16)39-26(34)22-19(14(2)21-20(15(3)32)24(33)31(21)22)17-12-30-13-28-23(25(30)41-17)42(36,37)29(4)5/h12-16,18,20-21,32H,6-11H2,1-5H3/t14-,15+,18?,20+,21+/m0/s1. The van der Waals surface area contributed by atoms with Crippen LogP contribution in [0.3, 0.4) is 0 Å². The van der Waals surface area contributed by atoms with E-state index in [1.165, 1.54) is 32.2 Å². The minimum Gasteiger partial charge on any atom is -0.431 e. The predicted octanol–water partition coefficient (Wildman–Crippen LogP) is 2.98. The van der Waals surface area contributed by atoms with Crippen LogP contribution in [0.1, 0.15) is 64.2 Å². The highest BCUT2D eigenvalue weighted by Crippen LogP contribution is 2.52. The van der Waals surface area contributed by atoms with Crippen molar-refractivity contribution < 1.29 is 42.1 Å². The zero-order valence-corrected chi connectivity index (χ0v) is 25.8. The molecule has 1 unspecified atom stereocenters. The summed E-state index contributed by atoms with van der Waals surface area (Å²) in [4.78, 5) is 45.6. The molecule has 0 aromatic carbocycles. The van der Waals surface area contributed by atoms with Gasteiger partial charge in [-0.2, -0.15) is 0 Å². The van der Waals surface area contributed by atoms with Gasteiger partial charge in [0.2, 0.25) is 10.9 Å². The van der Waals surface area contributed by atoms with Crippen molar-refractivity contribution in [3.05, 3.63) is 23.1 Å². The average Bonchev–Trinajstić information content (AvgIpc) is 3.58. The number of rotatable bonds is 9. The quantitative estimate of drug-likeness (QED) is 0.250. The second-order valence-corrected chi connectivity index (χ2v) is 14.2. The first kappa shape index (κ1) is 30.4. The number of ether oxygens (including phenoxy) is 3. The highest BCUT2D eigenvalue weighted by atomic mass is 32.2. The van der Waals surface area contributed by atoms with E-state index in [4.69, 9.17) is 14.2 Å². The summed E-state index contributed by atoms with van der Waals surface area (Å²) in [6, 6.07) is -0.503. The second kappa shape index (κ2) is 11.6. The molecule has 2 aliphatic heterocycles. The zero-order valence-electron chi connectivity index (χ0n) is 24.2. The lowest BCUT2D eigenvalue weighted by atomic mass is 9.77. The number of sulfonamides is 1. The molecule has 0 radical (unpaired) electrons. The van der Waals surface area contributed by atoms with Crippen molar-refractivity contribution >= 4 is 49.8 Å². The summed E-state index contributed by atoms with van der Waals surface area (Å²) < 4.78 is 44.7. The first-order valence-corrected chi connectivity index (χ1v) is 16.3. The van der Waals surface area contributed by atoms with E-state index in [9.17, 15) is 27.9 Å². The van der Waals surface area contributed by atoms with Gasteiger partial charge in [0, 0.05) is 38.2 Å². The van der Waals surface area contributed by atoms with Gasteiger partial charge in [0.15, 0.2) is 0 Å². The maximum atomic E-state index is 13.7. The van der Waals surface area contributed by atoms with E-state index in [0.29, 0.717) is 15.3 Å². The van der Waals surface area contributed by atoms with E-state index >= 15 is 0 Å². The highest BCUT2D eigenvalue weighted by molar-refractivity contribution is 7.89. The van der Waals surface area contributed by atoms with Gasteiger partial charge >= 0.3 is 12.1 Å². The van der Waals surface area contributed by atoms with Crippen LogP contribution >= 0.6 is 11.3 Å². The van der Waals surface area contributed by atoms with E-state index in [1.807, 2.05) is 6.92 Å². The topological polar surface area (TPSA) is 157 Å². The Kier molecular flexibility index (Phi) is 8.40. The lowest BCUT2D eigenvalue weighted by molar-refractivity contribution is -0.176. The lowest BCUT2D eigenvalue weighted by Gasteiger charge is -2.46. The van der Waals surface area contributed by atoms with Crippen molar-refractivity contribution in [2.45, 2.75) is 88.9 Å². The second-order valence-electron chi connectivity index (χ2n) is 11.1. The van der Waals surface area contributed by atoms with Gasteiger partial charge in [0.05, 0.1) is 22.9 Å². The van der Waals surface area contributed by atoms with Gasteiger partial charge in [-0.3, -0.25) is 9.20 Å². The maximum absolute atomic E-state index is 13.7. The summed E-state index contributed by atoms with van der Waals surface area (Å²) in [5.41, 5.74) is 0.453. The number of amides is 1. The number of aromatic nitrogens is 2. The Labute approximate surface area is 248 Å². The Bertz CT molecular complexity index is 1520. The fourth-order valence-corrected chi connectivity index (χ4v) is 8.36. The number of carbonyl (C=O) groups is 3. The number of aliphatic hydroxyl groups is 1. The summed E-state index contributed by atoms with van der Waals surface area (Å²) in [5.74, 6) is -2.41. The first-order valence-electron chi connectivity index (χ1n) is 14.1. The van der Waals surface area contributed by atoms with E-state index in [0.717, 1.165) is 47.7 Å². The van der Waals surface area contributed by atoms with Crippen LogP contribution in [0.4, 0.5) is 4.79 Å². The van der Waals surface area contributed by atoms with Crippen LogP contribution in [-0.2, 0) is 33.8 Å². The molecule has 1 saturated carbocycles. The summed E-state index contributed by atoms with van der Waals surface area (Å²) in [6.07, 6.45) is 4.37. The van der Waals surface area contributed by atoms with Crippen molar-refractivity contribution in [3.63, 3.8) is 0 Å². The van der Waals surface area contributed by atoms with Crippen LogP contribution in [-0.4, -0.2) is 88.8 Å².